The topological polar surface area (TPSA) is 49.4 Å². The number of nitrogens with one attached hydrogen (secondary N) is 1. The molecule has 1 rings (SSSR count). The second-order valence-corrected chi connectivity index (χ2v) is 4.26. The van der Waals surface area contributed by atoms with Gasteiger partial charge in [0, 0.05) is 12.1 Å². The fourth-order valence-corrected chi connectivity index (χ4v) is 1.75. The monoisotopic (exact) mass is 244 g/mol. The van der Waals surface area contributed by atoms with Gasteiger partial charge in [-0.3, -0.25) is 9.59 Å². The molecule has 1 heterocycles. The SMILES string of the molecule is CCC(C)C1NC(=O)CN(C/C=C/Cl)C1=O. The Morgan fingerprint density at radius 3 is 2.88 bits per heavy atom. The molecule has 1 N–H and O–H groups in total. The molecule has 0 aliphatic carbocycles. The largest absolute Gasteiger partial charge is 0.342 e. The Bertz CT molecular complexity index is 304. The lowest BCUT2D eigenvalue weighted by atomic mass is 9.96. The standard InChI is InChI=1S/C11H17ClN2O2/c1-3-8(2)10-11(16)14(6-4-5-12)7-9(15)13-10/h4-5,8,10H,3,6-7H2,1-2H3,(H,13,15)/b5-4+. The van der Waals surface area contributed by atoms with E-state index in [2.05, 4.69) is 5.32 Å². The summed E-state index contributed by atoms with van der Waals surface area (Å²) in [6.07, 6.45) is 2.52. The average Bonchev–Trinajstić information content (AvgIpc) is 2.28. The van der Waals surface area contributed by atoms with Gasteiger partial charge in [0.25, 0.3) is 0 Å². The number of amides is 2. The summed E-state index contributed by atoms with van der Waals surface area (Å²) in [5, 5.41) is 2.74. The van der Waals surface area contributed by atoms with Crippen molar-refractivity contribution < 1.29 is 9.59 Å². The first kappa shape index (κ1) is 13.0. The van der Waals surface area contributed by atoms with E-state index < -0.39 is 6.04 Å². The minimum absolute atomic E-state index is 0.0243. The molecule has 16 heavy (non-hydrogen) atoms. The molecule has 2 atom stereocenters. The van der Waals surface area contributed by atoms with Gasteiger partial charge in [0.15, 0.2) is 0 Å². The number of rotatable bonds is 4. The van der Waals surface area contributed by atoms with Crippen LogP contribution in [0.5, 0.6) is 0 Å². The van der Waals surface area contributed by atoms with Crippen LogP contribution in [0.25, 0.3) is 0 Å². The minimum Gasteiger partial charge on any atom is -0.342 e. The number of piperazine rings is 1. The molecule has 0 aromatic carbocycles. The number of carbonyl (C=O) groups is 2. The average molecular weight is 245 g/mol. The Kier molecular flexibility index (Phi) is 4.80. The smallest absolute Gasteiger partial charge is 0.246 e. The van der Waals surface area contributed by atoms with E-state index >= 15 is 0 Å². The summed E-state index contributed by atoms with van der Waals surface area (Å²) in [6, 6.07) is -0.394. The lowest BCUT2D eigenvalue weighted by Gasteiger charge is -2.34. The van der Waals surface area contributed by atoms with E-state index in [9.17, 15) is 9.59 Å². The third-order valence-electron chi connectivity index (χ3n) is 2.86. The normalized spacial score (nSPS) is 23.7. The van der Waals surface area contributed by atoms with Gasteiger partial charge in [-0.05, 0) is 5.92 Å². The van der Waals surface area contributed by atoms with Gasteiger partial charge in [-0.2, -0.15) is 0 Å². The molecule has 1 aliphatic rings. The zero-order valence-electron chi connectivity index (χ0n) is 9.57. The van der Waals surface area contributed by atoms with Crippen LogP contribution in [0.4, 0.5) is 0 Å². The Labute approximate surface area is 101 Å². The summed E-state index contributed by atoms with van der Waals surface area (Å²) in [5.74, 6) is 0.0239. The number of carbonyl (C=O) groups excluding carboxylic acids is 2. The zero-order valence-corrected chi connectivity index (χ0v) is 10.3. The van der Waals surface area contributed by atoms with Gasteiger partial charge in [-0.1, -0.05) is 37.9 Å². The maximum Gasteiger partial charge on any atom is 0.246 e. The van der Waals surface area contributed by atoms with E-state index in [4.69, 9.17) is 11.6 Å². The van der Waals surface area contributed by atoms with Crippen molar-refractivity contribution in [1.82, 2.24) is 10.2 Å². The molecule has 0 radical (unpaired) electrons. The second-order valence-electron chi connectivity index (χ2n) is 4.01. The van der Waals surface area contributed by atoms with Crippen LogP contribution < -0.4 is 5.32 Å². The summed E-state index contributed by atoms with van der Waals surface area (Å²) in [4.78, 5) is 25.0. The zero-order chi connectivity index (χ0) is 12.1. The van der Waals surface area contributed by atoms with E-state index in [0.29, 0.717) is 6.54 Å². The van der Waals surface area contributed by atoms with Gasteiger partial charge in [0.1, 0.15) is 6.04 Å². The molecule has 1 fully saturated rings. The molecule has 0 saturated carbocycles. The van der Waals surface area contributed by atoms with E-state index in [0.717, 1.165) is 6.42 Å². The van der Waals surface area contributed by atoms with Crippen molar-refractivity contribution in [2.24, 2.45) is 5.92 Å². The lowest BCUT2D eigenvalue weighted by Crippen LogP contribution is -2.60. The molecular formula is C11H17ClN2O2. The molecule has 5 heteroatoms. The van der Waals surface area contributed by atoms with Crippen LogP contribution in [-0.4, -0.2) is 35.8 Å². The molecule has 0 spiro atoms. The molecule has 2 unspecified atom stereocenters. The van der Waals surface area contributed by atoms with Crippen molar-refractivity contribution in [2.45, 2.75) is 26.3 Å². The Hall–Kier alpha value is -1.03. The third-order valence-corrected chi connectivity index (χ3v) is 3.03. The number of nitrogens with zero attached hydrogens (tertiary/aromatic N) is 1. The van der Waals surface area contributed by atoms with Crippen LogP contribution in [0.2, 0.25) is 0 Å². The molecule has 0 bridgehead atoms. The van der Waals surface area contributed by atoms with Crippen LogP contribution >= 0.6 is 11.6 Å². The number of hydrogen-bond donors (Lipinski definition) is 1. The van der Waals surface area contributed by atoms with Crippen molar-refractivity contribution in [3.8, 4) is 0 Å². The van der Waals surface area contributed by atoms with E-state index in [-0.39, 0.29) is 24.3 Å². The highest BCUT2D eigenvalue weighted by molar-refractivity contribution is 6.25. The lowest BCUT2D eigenvalue weighted by molar-refractivity contribution is -0.145. The van der Waals surface area contributed by atoms with Gasteiger partial charge in [-0.25, -0.2) is 0 Å². The summed E-state index contributed by atoms with van der Waals surface area (Å²) < 4.78 is 0. The van der Waals surface area contributed by atoms with E-state index in [1.54, 1.807) is 6.08 Å². The van der Waals surface area contributed by atoms with Crippen LogP contribution in [0.15, 0.2) is 11.6 Å². The predicted octanol–water partition coefficient (Wildman–Crippen LogP) is 1.11. The quantitative estimate of drug-likeness (QED) is 0.806. The van der Waals surface area contributed by atoms with Crippen LogP contribution in [-0.2, 0) is 9.59 Å². The first-order chi connectivity index (χ1) is 7.60. The molecule has 0 aromatic rings. The first-order valence-electron chi connectivity index (χ1n) is 5.43. The predicted molar refractivity (Wildman–Crippen MR) is 63.0 cm³/mol. The maximum atomic E-state index is 12.0. The van der Waals surface area contributed by atoms with Crippen molar-refractivity contribution in [2.75, 3.05) is 13.1 Å². The second kappa shape index (κ2) is 5.89. The fourth-order valence-electron chi connectivity index (χ4n) is 1.67. The first-order valence-corrected chi connectivity index (χ1v) is 5.87. The van der Waals surface area contributed by atoms with Gasteiger partial charge >= 0.3 is 0 Å². The Morgan fingerprint density at radius 1 is 1.62 bits per heavy atom. The minimum atomic E-state index is -0.394. The molecule has 1 aliphatic heterocycles. The fraction of sp³-hybridized carbons (Fsp3) is 0.636. The van der Waals surface area contributed by atoms with Crippen molar-refractivity contribution in [1.29, 1.82) is 0 Å². The summed E-state index contributed by atoms with van der Waals surface area (Å²) in [5.41, 5.74) is 1.36. The van der Waals surface area contributed by atoms with Crippen molar-refractivity contribution in [3.63, 3.8) is 0 Å². The molecule has 4 nitrogen and oxygen atoms in total. The van der Waals surface area contributed by atoms with Crippen molar-refractivity contribution in [3.05, 3.63) is 11.6 Å². The van der Waals surface area contributed by atoms with Gasteiger partial charge in [0.05, 0.1) is 6.54 Å². The van der Waals surface area contributed by atoms with Crippen molar-refractivity contribution >= 4 is 23.4 Å². The molecule has 0 aromatic heterocycles. The number of hydrogen-bond acceptors (Lipinski definition) is 2. The highest BCUT2D eigenvalue weighted by Gasteiger charge is 2.34. The van der Waals surface area contributed by atoms with Crippen LogP contribution in [0.3, 0.4) is 0 Å². The Morgan fingerprint density at radius 2 is 2.31 bits per heavy atom. The number of halogens is 1. The Balaban J connectivity index is 2.73. The van der Waals surface area contributed by atoms with Gasteiger partial charge < -0.3 is 10.2 Å². The summed E-state index contributed by atoms with van der Waals surface area (Å²) in [7, 11) is 0. The summed E-state index contributed by atoms with van der Waals surface area (Å²) in [6.45, 7) is 4.47. The van der Waals surface area contributed by atoms with Crippen LogP contribution in [0.1, 0.15) is 20.3 Å². The maximum absolute atomic E-state index is 12.0. The molecule has 1 saturated heterocycles. The third kappa shape index (κ3) is 2.98. The van der Waals surface area contributed by atoms with Crippen LogP contribution in [0, 0.1) is 5.92 Å². The highest BCUT2D eigenvalue weighted by Crippen LogP contribution is 2.14. The highest BCUT2D eigenvalue weighted by atomic mass is 35.5. The van der Waals surface area contributed by atoms with E-state index in [1.807, 2.05) is 13.8 Å². The summed E-state index contributed by atoms with van der Waals surface area (Å²) >= 11 is 5.41. The van der Waals surface area contributed by atoms with Gasteiger partial charge in [0.2, 0.25) is 11.8 Å². The molecular weight excluding hydrogens is 228 g/mol. The van der Waals surface area contributed by atoms with Gasteiger partial charge in [-0.15, -0.1) is 0 Å². The molecule has 90 valence electrons. The molecule has 2 amide bonds. The van der Waals surface area contributed by atoms with E-state index in [1.165, 1.54) is 10.4 Å².